The number of carbonyl (C=O) groups excluding carboxylic acids is 2. The number of hydrogen-bond acceptors (Lipinski definition) is 5. The first kappa shape index (κ1) is 24.3. The molecule has 3 rings (SSSR count). The highest BCUT2D eigenvalue weighted by molar-refractivity contribution is 5.85. The third-order valence-electron chi connectivity index (χ3n) is 5.45. The van der Waals surface area contributed by atoms with Gasteiger partial charge in [-0.25, -0.2) is 0 Å². The van der Waals surface area contributed by atoms with Crippen molar-refractivity contribution in [3.8, 4) is 5.75 Å². The van der Waals surface area contributed by atoms with E-state index in [0.29, 0.717) is 19.5 Å². The molecule has 2 fully saturated rings. The molecule has 1 aromatic rings. The fraction of sp³-hybridized carbons (Fsp3) is 0.636. The maximum Gasteiger partial charge on any atom is 0.239 e. The Kier molecular flexibility index (Phi) is 9.72. The Morgan fingerprint density at radius 3 is 2.53 bits per heavy atom. The van der Waals surface area contributed by atoms with E-state index in [0.717, 1.165) is 57.0 Å². The largest absolute Gasteiger partial charge is 0.489 e. The number of carbonyl (C=O) groups is 2. The molecule has 7 nitrogen and oxygen atoms in total. The predicted octanol–water partition coefficient (Wildman–Crippen LogP) is 2.15. The number of nitrogens with zero attached hydrogens (tertiary/aromatic N) is 3. The van der Waals surface area contributed by atoms with Crippen LogP contribution in [-0.4, -0.2) is 80.1 Å². The lowest BCUT2D eigenvalue weighted by molar-refractivity contribution is -0.137. The Balaban J connectivity index is 0.00000320. The number of piperidine rings is 1. The number of piperazine rings is 1. The fourth-order valence-corrected chi connectivity index (χ4v) is 3.90. The van der Waals surface area contributed by atoms with Crippen LogP contribution in [0.3, 0.4) is 0 Å². The van der Waals surface area contributed by atoms with Gasteiger partial charge in [-0.1, -0.05) is 12.1 Å². The first-order valence-electron chi connectivity index (χ1n) is 10.8. The number of amides is 2. The molecule has 1 N–H and O–H groups in total. The van der Waals surface area contributed by atoms with Gasteiger partial charge in [0.2, 0.25) is 11.8 Å². The van der Waals surface area contributed by atoms with Gasteiger partial charge in [0.15, 0.2) is 0 Å². The second-order valence-corrected chi connectivity index (χ2v) is 8.09. The lowest BCUT2D eigenvalue weighted by Crippen LogP contribution is -2.49. The number of ether oxygens (including phenoxy) is 1. The van der Waals surface area contributed by atoms with Crippen LogP contribution in [0, 0.1) is 0 Å². The molecule has 0 unspecified atom stereocenters. The van der Waals surface area contributed by atoms with Gasteiger partial charge < -0.3 is 19.9 Å². The summed E-state index contributed by atoms with van der Waals surface area (Å²) in [7, 11) is 0. The van der Waals surface area contributed by atoms with E-state index >= 15 is 0 Å². The van der Waals surface area contributed by atoms with Crippen molar-refractivity contribution in [1.29, 1.82) is 0 Å². The van der Waals surface area contributed by atoms with Crippen LogP contribution in [0.5, 0.6) is 5.75 Å². The Morgan fingerprint density at radius 2 is 1.83 bits per heavy atom. The van der Waals surface area contributed by atoms with Gasteiger partial charge in [-0.15, -0.1) is 12.4 Å². The molecule has 0 aliphatic carbocycles. The van der Waals surface area contributed by atoms with Crippen molar-refractivity contribution in [2.24, 2.45) is 0 Å². The molecule has 30 heavy (non-hydrogen) atoms. The van der Waals surface area contributed by atoms with Gasteiger partial charge in [0.05, 0.1) is 18.3 Å². The number of halogens is 1. The molecule has 2 aliphatic heterocycles. The lowest BCUT2D eigenvalue weighted by Gasteiger charge is -2.37. The molecular weight excluding hydrogens is 404 g/mol. The molecule has 0 aromatic heterocycles. The van der Waals surface area contributed by atoms with Crippen LogP contribution in [0.4, 0.5) is 5.69 Å². The van der Waals surface area contributed by atoms with E-state index < -0.39 is 0 Å². The maximum absolute atomic E-state index is 12.1. The van der Waals surface area contributed by atoms with Crippen molar-refractivity contribution in [2.45, 2.75) is 39.2 Å². The molecule has 2 amide bonds. The van der Waals surface area contributed by atoms with Crippen molar-refractivity contribution < 1.29 is 14.3 Å². The SMILES string of the molecule is CC(C)Oc1ccccc1N1CCN(CCNC(=O)CN2CCCCC2=O)CC1.Cl. The molecule has 2 heterocycles. The van der Waals surface area contributed by atoms with Crippen molar-refractivity contribution >= 4 is 29.9 Å². The fourth-order valence-electron chi connectivity index (χ4n) is 3.90. The van der Waals surface area contributed by atoms with Gasteiger partial charge in [0.25, 0.3) is 0 Å². The van der Waals surface area contributed by atoms with Crippen LogP contribution < -0.4 is 15.0 Å². The van der Waals surface area contributed by atoms with Crippen LogP contribution in [0.25, 0.3) is 0 Å². The summed E-state index contributed by atoms with van der Waals surface area (Å²) in [5, 5.41) is 2.96. The molecule has 0 spiro atoms. The molecule has 8 heteroatoms. The Bertz CT molecular complexity index is 693. The van der Waals surface area contributed by atoms with Gasteiger partial charge >= 0.3 is 0 Å². The average molecular weight is 439 g/mol. The van der Waals surface area contributed by atoms with Crippen molar-refractivity contribution in [3.05, 3.63) is 24.3 Å². The van der Waals surface area contributed by atoms with Crippen LogP contribution >= 0.6 is 12.4 Å². The number of nitrogens with one attached hydrogen (secondary N) is 1. The van der Waals surface area contributed by atoms with Crippen LogP contribution in [-0.2, 0) is 9.59 Å². The number of rotatable bonds is 8. The minimum Gasteiger partial charge on any atom is -0.489 e. The normalized spacial score (nSPS) is 17.6. The second-order valence-electron chi connectivity index (χ2n) is 8.09. The molecule has 1 aromatic carbocycles. The summed E-state index contributed by atoms with van der Waals surface area (Å²) < 4.78 is 5.96. The van der Waals surface area contributed by atoms with E-state index in [1.54, 1.807) is 4.90 Å². The summed E-state index contributed by atoms with van der Waals surface area (Å²) in [6, 6.07) is 8.22. The third-order valence-corrected chi connectivity index (χ3v) is 5.45. The average Bonchev–Trinajstić information content (AvgIpc) is 2.70. The highest BCUT2D eigenvalue weighted by Crippen LogP contribution is 2.29. The third kappa shape index (κ3) is 7.06. The number of anilines is 1. The second kappa shape index (κ2) is 12.0. The van der Waals surface area contributed by atoms with Crippen molar-refractivity contribution in [3.63, 3.8) is 0 Å². The van der Waals surface area contributed by atoms with Gasteiger partial charge in [0.1, 0.15) is 5.75 Å². The quantitative estimate of drug-likeness (QED) is 0.673. The highest BCUT2D eigenvalue weighted by Gasteiger charge is 2.22. The monoisotopic (exact) mass is 438 g/mol. The zero-order valence-electron chi connectivity index (χ0n) is 18.1. The molecule has 0 saturated carbocycles. The summed E-state index contributed by atoms with van der Waals surface area (Å²) in [6.45, 7) is 10.2. The van der Waals surface area contributed by atoms with Gasteiger partial charge in [-0.2, -0.15) is 0 Å². The molecule has 0 radical (unpaired) electrons. The van der Waals surface area contributed by atoms with Gasteiger partial charge in [-0.05, 0) is 38.8 Å². The summed E-state index contributed by atoms with van der Waals surface area (Å²) in [6.07, 6.45) is 2.66. The minimum atomic E-state index is -0.0568. The maximum atomic E-state index is 12.1. The Hall–Kier alpha value is -1.99. The number of benzene rings is 1. The molecule has 0 bridgehead atoms. The Labute approximate surface area is 186 Å². The number of likely N-dealkylation sites (tertiary alicyclic amines) is 1. The van der Waals surface area contributed by atoms with Crippen molar-refractivity contribution in [2.75, 3.05) is 57.3 Å². The first-order chi connectivity index (χ1) is 14.0. The van der Waals surface area contributed by atoms with E-state index in [2.05, 4.69) is 27.2 Å². The summed E-state index contributed by atoms with van der Waals surface area (Å²) in [4.78, 5) is 30.3. The summed E-state index contributed by atoms with van der Waals surface area (Å²) >= 11 is 0. The number of hydrogen-bond donors (Lipinski definition) is 1. The van der Waals surface area contributed by atoms with E-state index in [-0.39, 0.29) is 36.9 Å². The molecule has 168 valence electrons. The standard InChI is InChI=1S/C22H34N4O3.ClH/c1-18(2)29-20-8-4-3-7-19(20)25-15-13-24(14-16-25)12-10-23-21(27)17-26-11-6-5-9-22(26)28;/h3-4,7-8,18H,5-6,9-17H2,1-2H3,(H,23,27);1H. The van der Waals surface area contributed by atoms with E-state index in [9.17, 15) is 9.59 Å². The Morgan fingerprint density at radius 1 is 1.10 bits per heavy atom. The van der Waals surface area contributed by atoms with Gasteiger partial charge in [-0.3, -0.25) is 14.5 Å². The molecule has 2 saturated heterocycles. The summed E-state index contributed by atoms with van der Waals surface area (Å²) in [5.41, 5.74) is 1.15. The highest BCUT2D eigenvalue weighted by atomic mass is 35.5. The smallest absolute Gasteiger partial charge is 0.239 e. The number of para-hydroxylation sites is 2. The molecule has 2 aliphatic rings. The topological polar surface area (TPSA) is 65.1 Å². The lowest BCUT2D eigenvalue weighted by atomic mass is 10.1. The summed E-state index contributed by atoms with van der Waals surface area (Å²) in [5.74, 6) is 0.985. The van der Waals surface area contributed by atoms with Crippen LogP contribution in [0.1, 0.15) is 33.1 Å². The van der Waals surface area contributed by atoms with E-state index in [1.165, 1.54) is 0 Å². The van der Waals surface area contributed by atoms with Crippen LogP contribution in [0.2, 0.25) is 0 Å². The van der Waals surface area contributed by atoms with E-state index in [1.807, 2.05) is 26.0 Å². The van der Waals surface area contributed by atoms with Crippen molar-refractivity contribution in [1.82, 2.24) is 15.1 Å². The van der Waals surface area contributed by atoms with E-state index in [4.69, 9.17) is 4.74 Å². The zero-order valence-corrected chi connectivity index (χ0v) is 19.0. The minimum absolute atomic E-state index is 0. The van der Waals surface area contributed by atoms with Gasteiger partial charge in [0, 0.05) is 52.2 Å². The predicted molar refractivity (Wildman–Crippen MR) is 122 cm³/mol. The van der Waals surface area contributed by atoms with Crippen LogP contribution in [0.15, 0.2) is 24.3 Å². The first-order valence-corrected chi connectivity index (χ1v) is 10.8. The zero-order chi connectivity index (χ0) is 20.6. The molecule has 0 atom stereocenters. The molecular formula is C22H35ClN4O3.